The van der Waals surface area contributed by atoms with Crippen molar-refractivity contribution in [3.05, 3.63) is 53.9 Å². The molecule has 0 bridgehead atoms. The molecule has 0 aliphatic rings. The molecule has 0 radical (unpaired) electrons. The van der Waals surface area contributed by atoms with Crippen molar-refractivity contribution in [1.29, 1.82) is 5.26 Å². The summed E-state index contributed by atoms with van der Waals surface area (Å²) in [6, 6.07) is 15.1. The highest BCUT2D eigenvalue weighted by atomic mass is 16.2. The van der Waals surface area contributed by atoms with E-state index in [1.54, 1.807) is 6.07 Å². The maximum atomic E-state index is 12.3. The van der Waals surface area contributed by atoms with Gasteiger partial charge in [-0.15, -0.1) is 0 Å². The summed E-state index contributed by atoms with van der Waals surface area (Å²) in [5.74, 6) is -0.0404. The summed E-state index contributed by atoms with van der Waals surface area (Å²) in [7, 11) is 0. The topological polar surface area (TPSA) is 134 Å². The van der Waals surface area contributed by atoms with Gasteiger partial charge in [0.2, 0.25) is 0 Å². The molecule has 7 heteroatoms. The molecule has 138 valence electrons. The third kappa shape index (κ3) is 4.50. The first-order valence-corrected chi connectivity index (χ1v) is 8.85. The van der Waals surface area contributed by atoms with Crippen molar-refractivity contribution < 1.29 is 4.79 Å². The summed E-state index contributed by atoms with van der Waals surface area (Å²) in [5.41, 5.74) is 15.3. The predicted octanol–water partition coefficient (Wildman–Crippen LogP) is 1.90. The van der Waals surface area contributed by atoms with Crippen LogP contribution in [0.2, 0.25) is 0 Å². The van der Waals surface area contributed by atoms with Gasteiger partial charge in [-0.2, -0.15) is 5.26 Å². The zero-order valence-electron chi connectivity index (χ0n) is 14.9. The zero-order valence-corrected chi connectivity index (χ0v) is 14.9. The van der Waals surface area contributed by atoms with Crippen molar-refractivity contribution in [2.45, 2.75) is 18.9 Å². The van der Waals surface area contributed by atoms with Gasteiger partial charge in [-0.05, 0) is 54.8 Å². The second-order valence-electron chi connectivity index (χ2n) is 6.41. The van der Waals surface area contributed by atoms with Gasteiger partial charge in [-0.1, -0.05) is 18.2 Å². The highest BCUT2D eigenvalue weighted by Crippen LogP contribution is 2.24. The Morgan fingerprint density at radius 1 is 1.26 bits per heavy atom. The number of benzene rings is 2. The SMILES string of the molecule is N#Cc1cccc(-c2ccc3nc(C(=O)NC[C@@H](N)CCCN)[nH]c3c2)c1. The van der Waals surface area contributed by atoms with Crippen LogP contribution in [0.5, 0.6) is 0 Å². The summed E-state index contributed by atoms with van der Waals surface area (Å²) in [5, 5.41) is 11.9. The molecule has 0 unspecified atom stereocenters. The molecule has 2 aromatic carbocycles. The van der Waals surface area contributed by atoms with Crippen molar-refractivity contribution in [3.63, 3.8) is 0 Å². The maximum Gasteiger partial charge on any atom is 0.287 e. The summed E-state index contributed by atoms with van der Waals surface area (Å²) in [4.78, 5) is 19.7. The Morgan fingerprint density at radius 3 is 2.85 bits per heavy atom. The molecule has 0 saturated heterocycles. The van der Waals surface area contributed by atoms with E-state index in [4.69, 9.17) is 16.7 Å². The smallest absolute Gasteiger partial charge is 0.287 e. The third-order valence-corrected chi connectivity index (χ3v) is 4.33. The summed E-state index contributed by atoms with van der Waals surface area (Å²) < 4.78 is 0. The zero-order chi connectivity index (χ0) is 19.2. The number of nitrogens with two attached hydrogens (primary N) is 2. The molecule has 6 N–H and O–H groups in total. The van der Waals surface area contributed by atoms with E-state index in [1.807, 2.05) is 36.4 Å². The molecule has 0 saturated carbocycles. The van der Waals surface area contributed by atoms with Crippen LogP contribution < -0.4 is 16.8 Å². The minimum Gasteiger partial charge on any atom is -0.348 e. The number of carbonyl (C=O) groups is 1. The Morgan fingerprint density at radius 2 is 2.07 bits per heavy atom. The first kappa shape index (κ1) is 18.6. The number of nitrogens with zero attached hydrogens (tertiary/aromatic N) is 2. The Bertz CT molecular complexity index is 988. The number of aromatic nitrogens is 2. The van der Waals surface area contributed by atoms with E-state index in [-0.39, 0.29) is 17.8 Å². The van der Waals surface area contributed by atoms with Crippen LogP contribution in [-0.4, -0.2) is 35.0 Å². The molecule has 0 aliphatic heterocycles. The quantitative estimate of drug-likeness (QED) is 0.509. The Hall–Kier alpha value is -3.21. The van der Waals surface area contributed by atoms with Crippen molar-refractivity contribution in [2.75, 3.05) is 13.1 Å². The normalized spacial score (nSPS) is 11.9. The van der Waals surface area contributed by atoms with E-state index in [0.29, 0.717) is 24.2 Å². The molecule has 1 amide bonds. The first-order chi connectivity index (χ1) is 13.1. The summed E-state index contributed by atoms with van der Waals surface area (Å²) >= 11 is 0. The number of rotatable bonds is 7. The molecule has 0 spiro atoms. The van der Waals surface area contributed by atoms with Gasteiger partial charge in [0.15, 0.2) is 5.82 Å². The van der Waals surface area contributed by atoms with Gasteiger partial charge in [0, 0.05) is 12.6 Å². The highest BCUT2D eigenvalue weighted by Gasteiger charge is 2.13. The predicted molar refractivity (Wildman–Crippen MR) is 105 cm³/mol. The highest BCUT2D eigenvalue weighted by molar-refractivity contribution is 5.95. The van der Waals surface area contributed by atoms with Crippen LogP contribution in [0.1, 0.15) is 29.0 Å². The number of hydrogen-bond acceptors (Lipinski definition) is 5. The van der Waals surface area contributed by atoms with Crippen LogP contribution in [0.4, 0.5) is 0 Å². The lowest BCUT2D eigenvalue weighted by Crippen LogP contribution is -2.37. The number of fused-ring (bicyclic) bond motifs is 1. The Balaban J connectivity index is 1.75. The van der Waals surface area contributed by atoms with Gasteiger partial charge in [0.25, 0.3) is 5.91 Å². The monoisotopic (exact) mass is 362 g/mol. The molecule has 27 heavy (non-hydrogen) atoms. The lowest BCUT2D eigenvalue weighted by Gasteiger charge is -2.11. The van der Waals surface area contributed by atoms with Gasteiger partial charge in [0.05, 0.1) is 22.7 Å². The second-order valence-corrected chi connectivity index (χ2v) is 6.41. The largest absolute Gasteiger partial charge is 0.348 e. The van der Waals surface area contributed by atoms with Crippen molar-refractivity contribution in [3.8, 4) is 17.2 Å². The second kappa shape index (κ2) is 8.45. The van der Waals surface area contributed by atoms with Crippen LogP contribution in [-0.2, 0) is 0 Å². The molecular weight excluding hydrogens is 340 g/mol. The average molecular weight is 362 g/mol. The number of nitriles is 1. The van der Waals surface area contributed by atoms with Crippen LogP contribution in [0.3, 0.4) is 0 Å². The van der Waals surface area contributed by atoms with Gasteiger partial charge >= 0.3 is 0 Å². The van der Waals surface area contributed by atoms with Gasteiger partial charge in [-0.25, -0.2) is 4.98 Å². The molecule has 0 fully saturated rings. The van der Waals surface area contributed by atoms with E-state index in [0.717, 1.165) is 29.5 Å². The van der Waals surface area contributed by atoms with Crippen LogP contribution in [0.15, 0.2) is 42.5 Å². The first-order valence-electron chi connectivity index (χ1n) is 8.85. The van der Waals surface area contributed by atoms with Crippen molar-refractivity contribution in [1.82, 2.24) is 15.3 Å². The number of carbonyl (C=O) groups excluding carboxylic acids is 1. The van der Waals surface area contributed by atoms with E-state index < -0.39 is 0 Å². The van der Waals surface area contributed by atoms with E-state index >= 15 is 0 Å². The Labute approximate surface area is 157 Å². The fourth-order valence-electron chi connectivity index (χ4n) is 2.85. The number of hydrogen-bond donors (Lipinski definition) is 4. The molecule has 0 aliphatic carbocycles. The summed E-state index contributed by atoms with van der Waals surface area (Å²) in [6.45, 7) is 0.965. The van der Waals surface area contributed by atoms with Gasteiger partial charge < -0.3 is 21.8 Å². The van der Waals surface area contributed by atoms with Crippen LogP contribution in [0.25, 0.3) is 22.2 Å². The van der Waals surface area contributed by atoms with Crippen molar-refractivity contribution in [2.24, 2.45) is 11.5 Å². The molecule has 7 nitrogen and oxygen atoms in total. The van der Waals surface area contributed by atoms with Gasteiger partial charge in [0.1, 0.15) is 0 Å². The summed E-state index contributed by atoms with van der Waals surface area (Å²) in [6.07, 6.45) is 1.60. The molecular formula is C20H22N6O. The maximum absolute atomic E-state index is 12.3. The number of imidazole rings is 1. The van der Waals surface area contributed by atoms with Crippen LogP contribution >= 0.6 is 0 Å². The fraction of sp³-hybridized carbons (Fsp3) is 0.250. The molecule has 3 rings (SSSR count). The van der Waals surface area contributed by atoms with Gasteiger partial charge in [-0.3, -0.25) is 4.79 Å². The third-order valence-electron chi connectivity index (χ3n) is 4.33. The molecule has 1 heterocycles. The number of nitrogens with one attached hydrogen (secondary N) is 2. The van der Waals surface area contributed by atoms with E-state index in [1.165, 1.54) is 0 Å². The van der Waals surface area contributed by atoms with E-state index in [9.17, 15) is 4.79 Å². The molecule has 1 atom stereocenters. The lowest BCUT2D eigenvalue weighted by molar-refractivity contribution is 0.0941. The minimum atomic E-state index is -0.289. The van der Waals surface area contributed by atoms with E-state index in [2.05, 4.69) is 21.4 Å². The Kier molecular flexibility index (Phi) is 5.81. The minimum absolute atomic E-state index is 0.124. The number of amides is 1. The molecule has 3 aromatic rings. The average Bonchev–Trinajstić information content (AvgIpc) is 3.13. The lowest BCUT2D eigenvalue weighted by atomic mass is 10.0. The fourth-order valence-corrected chi connectivity index (χ4v) is 2.85. The van der Waals surface area contributed by atoms with Crippen molar-refractivity contribution >= 4 is 16.9 Å². The number of H-pyrrole nitrogens is 1. The molecule has 1 aromatic heterocycles. The van der Waals surface area contributed by atoms with Crippen LogP contribution in [0, 0.1) is 11.3 Å². The standard InChI is InChI=1S/C20H22N6O/c21-8-2-5-16(23)12-24-20(27)19-25-17-7-6-15(10-18(17)26-19)14-4-1-3-13(9-14)11-22/h1,3-4,6-7,9-10,16H,2,5,8,12,21,23H2,(H,24,27)(H,25,26)/t16-/m0/s1. The number of aromatic amines is 1.